The fraction of sp³-hybridized carbons (Fsp3) is 0.381. The first-order valence-electron chi connectivity index (χ1n) is 9.13. The van der Waals surface area contributed by atoms with Crippen LogP contribution in [0.15, 0.2) is 48.5 Å². The maximum Gasteiger partial charge on any atom is 0.335 e. The van der Waals surface area contributed by atoms with E-state index in [2.05, 4.69) is 16.3 Å². The van der Waals surface area contributed by atoms with Crippen molar-refractivity contribution in [2.45, 2.75) is 38.4 Å². The highest BCUT2D eigenvalue weighted by atomic mass is 35.5. The molecular weight excluding hydrogens is 348 g/mol. The third kappa shape index (κ3) is 5.31. The number of carbonyl (C=O) groups is 1. The molecule has 3 rings (SSSR count). The van der Waals surface area contributed by atoms with Gasteiger partial charge in [0.1, 0.15) is 0 Å². The van der Waals surface area contributed by atoms with Crippen molar-refractivity contribution in [1.82, 2.24) is 10.2 Å². The summed E-state index contributed by atoms with van der Waals surface area (Å²) in [5, 5.41) is 13.4. The minimum atomic E-state index is -0.883. The van der Waals surface area contributed by atoms with E-state index in [1.54, 1.807) is 18.2 Å². The average molecular weight is 373 g/mol. The maximum atomic E-state index is 11.1. The summed E-state index contributed by atoms with van der Waals surface area (Å²) in [6, 6.07) is 15.7. The zero-order valence-electron chi connectivity index (χ0n) is 14.8. The van der Waals surface area contributed by atoms with Gasteiger partial charge >= 0.3 is 5.97 Å². The van der Waals surface area contributed by atoms with Gasteiger partial charge in [-0.3, -0.25) is 4.90 Å². The lowest BCUT2D eigenvalue weighted by atomic mass is 10.0. The van der Waals surface area contributed by atoms with Crippen LogP contribution in [0.25, 0.3) is 0 Å². The van der Waals surface area contributed by atoms with E-state index in [9.17, 15) is 4.79 Å². The molecular formula is C21H25ClN2O2. The van der Waals surface area contributed by atoms with Crippen molar-refractivity contribution in [2.75, 3.05) is 13.1 Å². The number of carboxylic acids is 1. The van der Waals surface area contributed by atoms with Gasteiger partial charge in [0.25, 0.3) is 0 Å². The highest BCUT2D eigenvalue weighted by Gasteiger charge is 2.22. The van der Waals surface area contributed by atoms with Crippen LogP contribution >= 0.6 is 11.6 Å². The Morgan fingerprint density at radius 1 is 1.15 bits per heavy atom. The molecule has 0 spiro atoms. The molecule has 0 radical (unpaired) electrons. The predicted molar refractivity (Wildman–Crippen MR) is 105 cm³/mol. The van der Waals surface area contributed by atoms with Crippen molar-refractivity contribution in [3.8, 4) is 0 Å². The predicted octanol–water partition coefficient (Wildman–Crippen LogP) is 4.18. The van der Waals surface area contributed by atoms with Crippen molar-refractivity contribution < 1.29 is 9.90 Å². The van der Waals surface area contributed by atoms with Gasteiger partial charge in [-0.2, -0.15) is 0 Å². The topological polar surface area (TPSA) is 52.6 Å². The number of likely N-dealkylation sites (tertiary alicyclic amines) is 1. The molecule has 1 fully saturated rings. The van der Waals surface area contributed by atoms with Crippen molar-refractivity contribution >= 4 is 17.6 Å². The number of piperidine rings is 1. The Morgan fingerprint density at radius 2 is 1.96 bits per heavy atom. The molecule has 138 valence electrons. The number of aromatic carboxylic acids is 1. The number of rotatable bonds is 7. The second-order valence-electron chi connectivity index (χ2n) is 6.89. The summed E-state index contributed by atoms with van der Waals surface area (Å²) in [6.45, 7) is 3.61. The summed E-state index contributed by atoms with van der Waals surface area (Å²) in [7, 11) is 0. The molecule has 1 unspecified atom stereocenters. The molecule has 1 atom stereocenters. The molecule has 1 saturated heterocycles. The van der Waals surface area contributed by atoms with Crippen LogP contribution in [-0.4, -0.2) is 35.1 Å². The fourth-order valence-corrected chi connectivity index (χ4v) is 3.78. The Hall–Kier alpha value is -1.88. The van der Waals surface area contributed by atoms with E-state index in [1.165, 1.54) is 24.8 Å². The van der Waals surface area contributed by atoms with Gasteiger partial charge in [0, 0.05) is 30.7 Å². The molecule has 0 bridgehead atoms. The molecule has 1 aliphatic heterocycles. The SMILES string of the molecule is O=C(O)c1cccc(CNCC2CCCCN2Cc2cccc(Cl)c2)c1. The summed E-state index contributed by atoms with van der Waals surface area (Å²) in [5.74, 6) is -0.883. The van der Waals surface area contributed by atoms with Crippen LogP contribution in [0.1, 0.15) is 40.7 Å². The number of halogens is 1. The molecule has 5 heteroatoms. The van der Waals surface area contributed by atoms with Gasteiger partial charge in [0.05, 0.1) is 5.56 Å². The molecule has 2 aromatic carbocycles. The fourth-order valence-electron chi connectivity index (χ4n) is 3.57. The number of carboxylic acid groups (broad SMARTS) is 1. The van der Waals surface area contributed by atoms with Crippen LogP contribution in [0, 0.1) is 0 Å². The maximum absolute atomic E-state index is 11.1. The number of hydrogen-bond donors (Lipinski definition) is 2. The molecule has 2 aromatic rings. The first-order chi connectivity index (χ1) is 12.6. The quantitative estimate of drug-likeness (QED) is 0.765. The van der Waals surface area contributed by atoms with Crippen molar-refractivity contribution in [3.63, 3.8) is 0 Å². The van der Waals surface area contributed by atoms with E-state index in [4.69, 9.17) is 16.7 Å². The van der Waals surface area contributed by atoms with E-state index >= 15 is 0 Å². The number of nitrogens with zero attached hydrogens (tertiary/aromatic N) is 1. The zero-order chi connectivity index (χ0) is 18.4. The molecule has 0 aromatic heterocycles. The summed E-state index contributed by atoms with van der Waals surface area (Å²) in [4.78, 5) is 13.6. The van der Waals surface area contributed by atoms with E-state index in [1.807, 2.05) is 24.3 Å². The standard InChI is InChI=1S/C21H25ClN2O2/c22-19-8-4-6-17(12-19)15-24-10-2-1-9-20(24)14-23-13-16-5-3-7-18(11-16)21(25)26/h3-8,11-12,20,23H,1-2,9-10,13-15H2,(H,25,26). The second-order valence-corrected chi connectivity index (χ2v) is 7.32. The van der Waals surface area contributed by atoms with Crippen molar-refractivity contribution in [3.05, 3.63) is 70.2 Å². The van der Waals surface area contributed by atoms with E-state index in [0.717, 1.165) is 30.2 Å². The molecule has 26 heavy (non-hydrogen) atoms. The summed E-state index contributed by atoms with van der Waals surface area (Å²) in [5.41, 5.74) is 2.59. The Bertz CT molecular complexity index is 750. The monoisotopic (exact) mass is 372 g/mol. The third-order valence-corrected chi connectivity index (χ3v) is 5.14. The second kappa shape index (κ2) is 9.17. The van der Waals surface area contributed by atoms with Gasteiger partial charge in [0.15, 0.2) is 0 Å². The number of nitrogens with one attached hydrogen (secondary N) is 1. The number of benzene rings is 2. The molecule has 0 saturated carbocycles. The molecule has 0 aliphatic carbocycles. The Balaban J connectivity index is 1.55. The van der Waals surface area contributed by atoms with Crippen LogP contribution in [0.4, 0.5) is 0 Å². The highest BCUT2D eigenvalue weighted by Crippen LogP contribution is 2.21. The smallest absolute Gasteiger partial charge is 0.335 e. The summed E-state index contributed by atoms with van der Waals surface area (Å²) in [6.07, 6.45) is 3.67. The van der Waals surface area contributed by atoms with Gasteiger partial charge in [-0.1, -0.05) is 42.3 Å². The molecule has 0 amide bonds. The number of hydrogen-bond acceptors (Lipinski definition) is 3. The van der Waals surface area contributed by atoms with Crippen LogP contribution < -0.4 is 5.32 Å². The van der Waals surface area contributed by atoms with Crippen molar-refractivity contribution in [1.29, 1.82) is 0 Å². The van der Waals surface area contributed by atoms with Gasteiger partial charge in [-0.25, -0.2) is 4.79 Å². The zero-order valence-corrected chi connectivity index (χ0v) is 15.6. The first kappa shape index (κ1) is 18.9. The lowest BCUT2D eigenvalue weighted by molar-refractivity contribution is 0.0696. The van der Waals surface area contributed by atoms with E-state index in [0.29, 0.717) is 18.2 Å². The first-order valence-corrected chi connectivity index (χ1v) is 9.51. The van der Waals surface area contributed by atoms with Crippen molar-refractivity contribution in [2.24, 2.45) is 0 Å². The summed E-state index contributed by atoms with van der Waals surface area (Å²) < 4.78 is 0. The van der Waals surface area contributed by atoms with Crippen LogP contribution in [-0.2, 0) is 13.1 Å². The van der Waals surface area contributed by atoms with Crippen LogP contribution in [0.2, 0.25) is 5.02 Å². The van der Waals surface area contributed by atoms with E-state index < -0.39 is 5.97 Å². The lowest BCUT2D eigenvalue weighted by Gasteiger charge is -2.36. The van der Waals surface area contributed by atoms with Crippen LogP contribution in [0.5, 0.6) is 0 Å². The Morgan fingerprint density at radius 3 is 2.77 bits per heavy atom. The third-order valence-electron chi connectivity index (χ3n) is 4.91. The van der Waals surface area contributed by atoms with Gasteiger partial charge < -0.3 is 10.4 Å². The molecule has 2 N–H and O–H groups in total. The average Bonchev–Trinajstić information content (AvgIpc) is 2.63. The van der Waals surface area contributed by atoms with Crippen LogP contribution in [0.3, 0.4) is 0 Å². The van der Waals surface area contributed by atoms with Gasteiger partial charge in [-0.15, -0.1) is 0 Å². The molecule has 1 aliphatic rings. The largest absolute Gasteiger partial charge is 0.478 e. The van der Waals surface area contributed by atoms with E-state index in [-0.39, 0.29) is 0 Å². The molecule has 4 nitrogen and oxygen atoms in total. The molecule has 1 heterocycles. The lowest BCUT2D eigenvalue weighted by Crippen LogP contribution is -2.44. The summed E-state index contributed by atoms with van der Waals surface area (Å²) >= 11 is 6.11. The minimum Gasteiger partial charge on any atom is -0.478 e. The minimum absolute atomic E-state index is 0.338. The van der Waals surface area contributed by atoms with Gasteiger partial charge in [0.2, 0.25) is 0 Å². The Kier molecular flexibility index (Phi) is 6.67. The Labute approximate surface area is 159 Å². The highest BCUT2D eigenvalue weighted by molar-refractivity contribution is 6.30. The van der Waals surface area contributed by atoms with Gasteiger partial charge in [-0.05, 0) is 54.8 Å². The normalized spacial score (nSPS) is 18.0.